The zero-order chi connectivity index (χ0) is 20.4. The lowest BCUT2D eigenvalue weighted by atomic mass is 9.60. The first-order valence-corrected chi connectivity index (χ1v) is 12.0. The largest absolute Gasteiger partial charge is 0.393 e. The van der Waals surface area contributed by atoms with E-state index in [9.17, 15) is 10.2 Å². The number of aliphatic hydroxyl groups excluding tert-OH is 1. The second-order valence-electron chi connectivity index (χ2n) is 11.1. The number of aliphatic hydroxyl groups is 2. The molecule has 0 saturated heterocycles. The molecule has 3 fully saturated rings. The van der Waals surface area contributed by atoms with E-state index in [4.69, 9.17) is 0 Å². The van der Waals surface area contributed by atoms with Crippen LogP contribution in [0.4, 0.5) is 0 Å². The van der Waals surface area contributed by atoms with Gasteiger partial charge in [0.25, 0.3) is 0 Å². The van der Waals surface area contributed by atoms with E-state index in [0.29, 0.717) is 5.41 Å². The lowest BCUT2D eigenvalue weighted by Crippen LogP contribution is -2.36. The number of allylic oxidation sites excluding steroid dienone is 3. The van der Waals surface area contributed by atoms with Crippen molar-refractivity contribution in [1.82, 2.24) is 0 Å². The number of rotatable bonds is 6. The summed E-state index contributed by atoms with van der Waals surface area (Å²) in [6.45, 7) is 8.91. The van der Waals surface area contributed by atoms with Crippen molar-refractivity contribution in [3.63, 3.8) is 0 Å². The maximum atomic E-state index is 10.0. The molecule has 0 unspecified atom stereocenters. The van der Waals surface area contributed by atoms with Gasteiger partial charge in [0.2, 0.25) is 0 Å². The third-order valence-corrected chi connectivity index (χ3v) is 8.24. The van der Waals surface area contributed by atoms with Gasteiger partial charge in [-0.15, -0.1) is 0 Å². The van der Waals surface area contributed by atoms with Gasteiger partial charge in [0.05, 0.1) is 11.7 Å². The maximum absolute atomic E-state index is 10.0. The van der Waals surface area contributed by atoms with E-state index in [1.165, 1.54) is 50.5 Å². The molecule has 28 heavy (non-hydrogen) atoms. The normalized spacial score (nSPS) is 38.0. The van der Waals surface area contributed by atoms with Gasteiger partial charge >= 0.3 is 0 Å². The predicted molar refractivity (Wildman–Crippen MR) is 118 cm³/mol. The summed E-state index contributed by atoms with van der Waals surface area (Å²) in [6, 6.07) is 0. The van der Waals surface area contributed by atoms with Crippen molar-refractivity contribution < 1.29 is 10.2 Å². The molecule has 0 bridgehead atoms. The quantitative estimate of drug-likeness (QED) is 0.540. The first kappa shape index (κ1) is 22.1. The van der Waals surface area contributed by atoms with Crippen LogP contribution in [0.15, 0.2) is 23.3 Å². The number of hydrogen-bond acceptors (Lipinski definition) is 2. The Hall–Kier alpha value is -0.600. The van der Waals surface area contributed by atoms with Crippen LogP contribution in [0.1, 0.15) is 105 Å². The smallest absolute Gasteiger partial charge is 0.0591 e. The summed E-state index contributed by atoms with van der Waals surface area (Å²) >= 11 is 0. The third-order valence-electron chi connectivity index (χ3n) is 8.24. The van der Waals surface area contributed by atoms with Gasteiger partial charge in [0.1, 0.15) is 0 Å². The summed E-state index contributed by atoms with van der Waals surface area (Å²) < 4.78 is 0. The summed E-state index contributed by atoms with van der Waals surface area (Å²) in [5.41, 5.74) is 3.08. The van der Waals surface area contributed by atoms with Gasteiger partial charge in [-0.25, -0.2) is 0 Å². The van der Waals surface area contributed by atoms with Crippen LogP contribution in [0.25, 0.3) is 0 Å². The van der Waals surface area contributed by atoms with E-state index in [-0.39, 0.29) is 6.10 Å². The Labute approximate surface area is 173 Å². The Morgan fingerprint density at radius 2 is 1.93 bits per heavy atom. The number of hydrogen-bond donors (Lipinski definition) is 2. The van der Waals surface area contributed by atoms with Crippen LogP contribution in [-0.4, -0.2) is 21.9 Å². The van der Waals surface area contributed by atoms with Crippen LogP contribution in [0, 0.1) is 23.2 Å². The molecule has 2 N–H and O–H groups in total. The molecule has 3 rings (SSSR count). The van der Waals surface area contributed by atoms with Crippen molar-refractivity contribution in [2.24, 2.45) is 23.2 Å². The molecule has 0 heterocycles. The number of fused-ring (bicyclic) bond motifs is 1. The SMILES string of the molecule is C[C@H](CCCC(C)(C)O)[C@H]1CC[C@@H]2/C(=C/C=C3/CCC[C@H](O)C3)CCC[C@@]21C. The lowest BCUT2D eigenvalue weighted by molar-refractivity contribution is 0.0596. The molecule has 2 heteroatoms. The molecule has 3 aliphatic carbocycles. The van der Waals surface area contributed by atoms with Crippen molar-refractivity contribution in [3.8, 4) is 0 Å². The lowest BCUT2D eigenvalue weighted by Gasteiger charge is -2.44. The summed E-state index contributed by atoms with van der Waals surface area (Å²) in [5.74, 6) is 2.34. The topological polar surface area (TPSA) is 40.5 Å². The van der Waals surface area contributed by atoms with Crippen molar-refractivity contribution >= 4 is 0 Å². The molecular formula is C26H44O2. The molecule has 5 atom stereocenters. The molecule has 0 aromatic heterocycles. The molecule has 0 aliphatic heterocycles. The van der Waals surface area contributed by atoms with E-state index < -0.39 is 5.60 Å². The minimum absolute atomic E-state index is 0.115. The van der Waals surface area contributed by atoms with Crippen molar-refractivity contribution in [1.29, 1.82) is 0 Å². The Balaban J connectivity index is 1.65. The molecular weight excluding hydrogens is 344 g/mol. The van der Waals surface area contributed by atoms with Gasteiger partial charge in [-0.3, -0.25) is 0 Å². The first-order chi connectivity index (χ1) is 13.2. The summed E-state index contributed by atoms with van der Waals surface area (Å²) in [6.07, 6.45) is 18.9. The Morgan fingerprint density at radius 1 is 1.14 bits per heavy atom. The van der Waals surface area contributed by atoms with Gasteiger partial charge in [0, 0.05) is 0 Å². The third kappa shape index (κ3) is 5.30. The van der Waals surface area contributed by atoms with Crippen molar-refractivity contribution in [3.05, 3.63) is 23.3 Å². The highest BCUT2D eigenvalue weighted by atomic mass is 16.3. The van der Waals surface area contributed by atoms with E-state index in [1.54, 1.807) is 5.57 Å². The van der Waals surface area contributed by atoms with E-state index in [1.807, 2.05) is 13.8 Å². The van der Waals surface area contributed by atoms with Crippen LogP contribution in [-0.2, 0) is 0 Å². The van der Waals surface area contributed by atoms with Crippen LogP contribution in [0.2, 0.25) is 0 Å². The Bertz CT molecular complexity index is 582. The zero-order valence-electron chi connectivity index (χ0n) is 18.8. The molecule has 2 nitrogen and oxygen atoms in total. The summed E-state index contributed by atoms with van der Waals surface area (Å²) in [4.78, 5) is 0. The first-order valence-electron chi connectivity index (χ1n) is 12.0. The van der Waals surface area contributed by atoms with Gasteiger partial charge in [-0.05, 0) is 101 Å². The van der Waals surface area contributed by atoms with E-state index in [0.717, 1.165) is 49.9 Å². The fourth-order valence-electron chi connectivity index (χ4n) is 6.72. The molecule has 0 aromatic rings. The van der Waals surface area contributed by atoms with Crippen LogP contribution < -0.4 is 0 Å². The molecule has 0 aromatic carbocycles. The van der Waals surface area contributed by atoms with E-state index >= 15 is 0 Å². The maximum Gasteiger partial charge on any atom is 0.0591 e. The van der Waals surface area contributed by atoms with E-state index in [2.05, 4.69) is 26.0 Å². The molecule has 0 amide bonds. The average molecular weight is 389 g/mol. The van der Waals surface area contributed by atoms with Crippen molar-refractivity contribution in [2.75, 3.05) is 0 Å². The summed E-state index contributed by atoms with van der Waals surface area (Å²) in [5, 5.41) is 20.0. The standard InChI is InChI=1S/C26H44O2/c1-19(8-6-16-25(2,3)28)23-14-15-24-21(10-7-17-26(23,24)4)13-12-20-9-5-11-22(27)18-20/h12-13,19,22-24,27-28H,5-11,14-18H2,1-4H3/b20-12-,21-13+/t19-,22+,23-,24-,26-/m1/s1. The Morgan fingerprint density at radius 3 is 2.64 bits per heavy atom. The average Bonchev–Trinajstić information content (AvgIpc) is 2.96. The monoisotopic (exact) mass is 388 g/mol. The fourth-order valence-corrected chi connectivity index (χ4v) is 6.72. The second-order valence-corrected chi connectivity index (χ2v) is 11.1. The molecule has 0 spiro atoms. The summed E-state index contributed by atoms with van der Waals surface area (Å²) in [7, 11) is 0. The molecule has 160 valence electrons. The zero-order valence-corrected chi connectivity index (χ0v) is 18.8. The molecule has 3 aliphatic rings. The minimum Gasteiger partial charge on any atom is -0.393 e. The molecule has 0 radical (unpaired) electrons. The highest BCUT2D eigenvalue weighted by Crippen LogP contribution is 2.59. The van der Waals surface area contributed by atoms with Crippen LogP contribution in [0.5, 0.6) is 0 Å². The van der Waals surface area contributed by atoms with Crippen LogP contribution in [0.3, 0.4) is 0 Å². The van der Waals surface area contributed by atoms with Gasteiger partial charge < -0.3 is 10.2 Å². The van der Waals surface area contributed by atoms with Gasteiger partial charge in [-0.1, -0.05) is 50.0 Å². The molecule has 3 saturated carbocycles. The highest BCUT2D eigenvalue weighted by molar-refractivity contribution is 5.25. The Kier molecular flexibility index (Phi) is 7.14. The van der Waals surface area contributed by atoms with Crippen molar-refractivity contribution in [2.45, 2.75) is 116 Å². The van der Waals surface area contributed by atoms with Gasteiger partial charge in [0.15, 0.2) is 0 Å². The fraction of sp³-hybridized carbons (Fsp3) is 0.846. The second kappa shape index (κ2) is 9.04. The highest BCUT2D eigenvalue weighted by Gasteiger charge is 2.50. The minimum atomic E-state index is -0.525. The van der Waals surface area contributed by atoms with Gasteiger partial charge in [-0.2, -0.15) is 0 Å². The predicted octanol–water partition coefficient (Wildman–Crippen LogP) is 6.57. The van der Waals surface area contributed by atoms with Crippen LogP contribution >= 0.6 is 0 Å².